The van der Waals surface area contributed by atoms with Gasteiger partial charge in [0.2, 0.25) is 20.1 Å². The molecule has 1 aromatic carbocycles. The Kier molecular flexibility index (Phi) is 9.50. The van der Waals surface area contributed by atoms with Crippen LogP contribution >= 0.6 is 0 Å². The van der Waals surface area contributed by atoms with Gasteiger partial charge in [-0.15, -0.1) is 0 Å². The first-order valence-electron chi connectivity index (χ1n) is 17.5. The van der Waals surface area contributed by atoms with Crippen molar-refractivity contribution in [3.8, 4) is 22.8 Å². The van der Waals surface area contributed by atoms with Gasteiger partial charge in [0.1, 0.15) is 11.6 Å². The molecule has 2 fully saturated rings. The minimum atomic E-state index is -2.00. The number of carbonyl (C=O) groups is 1. The van der Waals surface area contributed by atoms with E-state index in [-0.39, 0.29) is 17.0 Å². The molecule has 1 aliphatic carbocycles. The molecule has 4 aromatic rings. The lowest BCUT2D eigenvalue weighted by Gasteiger charge is -2.36. The van der Waals surface area contributed by atoms with Gasteiger partial charge >= 0.3 is 0 Å². The van der Waals surface area contributed by atoms with E-state index in [1.165, 1.54) is 0 Å². The Balaban J connectivity index is 1.37. The number of hydrogen-bond donors (Lipinski definition) is 2. The average molecular weight is 682 g/mol. The lowest BCUT2D eigenvalue weighted by atomic mass is 10.1. The second-order valence-corrected chi connectivity index (χ2v) is 19.7. The smallest absolute Gasteiger partial charge is 0.250 e. The molecule has 49 heavy (non-hydrogen) atoms. The Bertz CT molecular complexity index is 1890. The maximum absolute atomic E-state index is 13.1. The normalized spacial score (nSPS) is 17.1. The summed E-state index contributed by atoms with van der Waals surface area (Å²) in [6, 6.07) is 10.3. The quantitative estimate of drug-likeness (QED) is 0.0955. The van der Waals surface area contributed by atoms with Crippen molar-refractivity contribution in [2.24, 2.45) is 16.6 Å². The third kappa shape index (κ3) is 7.17. The van der Waals surface area contributed by atoms with Crippen LogP contribution in [0, 0.1) is 12.8 Å². The Morgan fingerprint density at radius 2 is 1.92 bits per heavy atom. The summed E-state index contributed by atoms with van der Waals surface area (Å²) >= 11 is 0. The zero-order chi connectivity index (χ0) is 35.1. The number of nitrogens with one attached hydrogen (secondary N) is 1. The number of benzene rings is 1. The summed E-state index contributed by atoms with van der Waals surface area (Å²) < 4.78 is 13.8. The molecule has 260 valence electrons. The molecular formula is C38H51N7O3Si. The van der Waals surface area contributed by atoms with Gasteiger partial charge in [0.25, 0.3) is 0 Å². The number of rotatable bonds is 11. The fraction of sp³-hybridized carbons (Fsp3) is 0.474. The lowest BCUT2D eigenvalue weighted by molar-refractivity contribution is -0.133. The standard InChI is InChI=1S/C38H51N7O3Si/c1-9-25-18-29(48-49(7,8)38(3,4)5)14-15-32(25)43-36(39)31-22-42-45-23-27(30-21-40-34(47-6)17-24(30)2)19-33(45)35(31)41-20-28-11-10-16-44(28)37(46)26-12-13-26/h14-15,17-19,21-23,26,28,41H,9-13,16,20H2,1-8H3,(H2,39,43)/t28-/m1/s1. The molecule has 2 aliphatic rings. The van der Waals surface area contributed by atoms with Gasteiger partial charge in [-0.3, -0.25) is 4.79 Å². The molecule has 0 bridgehead atoms. The molecule has 3 N–H and O–H groups in total. The van der Waals surface area contributed by atoms with E-state index in [2.05, 4.69) is 68.1 Å². The third-order valence-electron chi connectivity index (χ3n) is 10.5. The van der Waals surface area contributed by atoms with Crippen molar-refractivity contribution in [2.75, 3.05) is 25.5 Å². The number of nitrogens with two attached hydrogens (primary N) is 1. The Labute approximate surface area is 291 Å². The second-order valence-electron chi connectivity index (χ2n) is 15.0. The van der Waals surface area contributed by atoms with E-state index in [4.69, 9.17) is 25.0 Å². The molecule has 1 saturated carbocycles. The number of methoxy groups -OCH3 is 1. The van der Waals surface area contributed by atoms with Gasteiger partial charge in [-0.05, 0) is 92.6 Å². The van der Waals surface area contributed by atoms with E-state index >= 15 is 0 Å². The van der Waals surface area contributed by atoms with Gasteiger partial charge in [-0.1, -0.05) is 27.7 Å². The van der Waals surface area contributed by atoms with E-state index in [9.17, 15) is 4.79 Å². The predicted molar refractivity (Wildman–Crippen MR) is 200 cm³/mol. The number of amidine groups is 1. The molecule has 1 amide bonds. The number of hydrogen-bond acceptors (Lipinski definition) is 7. The number of amides is 1. The van der Waals surface area contributed by atoms with E-state index < -0.39 is 8.32 Å². The van der Waals surface area contributed by atoms with Crippen molar-refractivity contribution in [3.63, 3.8) is 0 Å². The highest BCUT2D eigenvalue weighted by Crippen LogP contribution is 2.39. The fourth-order valence-electron chi connectivity index (χ4n) is 6.31. The van der Waals surface area contributed by atoms with Crippen LogP contribution in [0.1, 0.15) is 70.1 Å². The van der Waals surface area contributed by atoms with Gasteiger partial charge < -0.3 is 25.1 Å². The second kappa shape index (κ2) is 13.5. The zero-order valence-corrected chi connectivity index (χ0v) is 31.3. The van der Waals surface area contributed by atoms with Crippen LogP contribution in [0.2, 0.25) is 18.1 Å². The molecule has 11 heteroatoms. The van der Waals surface area contributed by atoms with Crippen LogP contribution in [-0.4, -0.2) is 65.8 Å². The number of fused-ring (bicyclic) bond motifs is 1. The molecule has 1 aliphatic heterocycles. The number of nitrogens with zero attached hydrogens (tertiary/aromatic N) is 5. The van der Waals surface area contributed by atoms with Gasteiger partial charge in [0.05, 0.1) is 35.8 Å². The van der Waals surface area contributed by atoms with Crippen LogP contribution < -0.4 is 20.2 Å². The predicted octanol–water partition coefficient (Wildman–Crippen LogP) is 7.51. The van der Waals surface area contributed by atoms with Crippen LogP contribution in [-0.2, 0) is 11.2 Å². The average Bonchev–Trinajstić information content (AvgIpc) is 3.65. The summed E-state index contributed by atoms with van der Waals surface area (Å²) in [6.45, 7) is 16.8. The van der Waals surface area contributed by atoms with Crippen LogP contribution in [0.5, 0.6) is 11.6 Å². The first-order valence-corrected chi connectivity index (χ1v) is 20.4. The molecule has 4 heterocycles. The van der Waals surface area contributed by atoms with Crippen LogP contribution in [0.25, 0.3) is 16.6 Å². The van der Waals surface area contributed by atoms with Crippen molar-refractivity contribution in [3.05, 3.63) is 65.6 Å². The number of aliphatic imine (C=N–C) groups is 1. The van der Waals surface area contributed by atoms with Gasteiger partial charge in [0, 0.05) is 54.6 Å². The highest BCUT2D eigenvalue weighted by atomic mass is 28.4. The highest BCUT2D eigenvalue weighted by Gasteiger charge is 2.39. The number of pyridine rings is 1. The molecule has 0 radical (unpaired) electrons. The first kappa shape index (κ1) is 34.5. The summed E-state index contributed by atoms with van der Waals surface area (Å²) in [6.07, 6.45) is 10.4. The first-order chi connectivity index (χ1) is 23.3. The maximum Gasteiger partial charge on any atom is 0.250 e. The molecule has 1 saturated heterocycles. The SMILES string of the molecule is CCc1cc(O[Si](C)(C)C(C)(C)C)ccc1N=C(N)c1cnn2cc(-c3cnc(OC)cc3C)cc2c1NC[C@H]1CCCN1C(=O)C1CC1. The van der Waals surface area contributed by atoms with E-state index in [1.807, 2.05) is 42.0 Å². The number of aromatic nitrogens is 3. The number of ether oxygens (including phenoxy) is 1. The van der Waals surface area contributed by atoms with Crippen molar-refractivity contribution >= 4 is 37.0 Å². The van der Waals surface area contributed by atoms with Gasteiger partial charge in [-0.2, -0.15) is 5.10 Å². The minimum absolute atomic E-state index is 0.0949. The lowest BCUT2D eigenvalue weighted by Crippen LogP contribution is -2.43. The van der Waals surface area contributed by atoms with Crippen molar-refractivity contribution in [1.82, 2.24) is 19.5 Å². The Morgan fingerprint density at radius 1 is 1.14 bits per heavy atom. The van der Waals surface area contributed by atoms with Crippen molar-refractivity contribution in [2.45, 2.75) is 90.9 Å². The summed E-state index contributed by atoms with van der Waals surface area (Å²) in [5.74, 6) is 2.31. The third-order valence-corrected chi connectivity index (χ3v) is 14.8. The molecule has 0 unspecified atom stereocenters. The molecule has 0 spiro atoms. The van der Waals surface area contributed by atoms with E-state index in [1.54, 1.807) is 13.3 Å². The largest absolute Gasteiger partial charge is 0.543 e. The van der Waals surface area contributed by atoms with Crippen molar-refractivity contribution in [1.29, 1.82) is 0 Å². The minimum Gasteiger partial charge on any atom is -0.543 e. The Morgan fingerprint density at radius 3 is 2.59 bits per heavy atom. The van der Waals surface area contributed by atoms with E-state index in [0.717, 1.165) is 83.5 Å². The maximum atomic E-state index is 13.1. The molecule has 10 nitrogen and oxygen atoms in total. The number of aryl methyl sites for hydroxylation is 2. The summed E-state index contributed by atoms with van der Waals surface area (Å²) in [5.41, 5.74) is 14.2. The van der Waals surface area contributed by atoms with Crippen LogP contribution in [0.4, 0.5) is 11.4 Å². The molecule has 6 rings (SSSR count). The van der Waals surface area contributed by atoms with Crippen LogP contribution in [0.15, 0.2) is 53.9 Å². The molecular weight excluding hydrogens is 631 g/mol. The topological polar surface area (TPSA) is 119 Å². The number of carbonyl (C=O) groups excluding carboxylic acids is 1. The number of likely N-dealkylation sites (tertiary alicyclic amines) is 1. The zero-order valence-electron chi connectivity index (χ0n) is 30.3. The Hall–Kier alpha value is -4.38. The van der Waals surface area contributed by atoms with Gasteiger partial charge in [-0.25, -0.2) is 14.5 Å². The summed E-state index contributed by atoms with van der Waals surface area (Å²) in [4.78, 5) is 24.6. The van der Waals surface area contributed by atoms with E-state index in [0.29, 0.717) is 29.7 Å². The van der Waals surface area contributed by atoms with Gasteiger partial charge in [0.15, 0.2) is 0 Å². The monoisotopic (exact) mass is 681 g/mol. The molecule has 1 atom stereocenters. The number of anilines is 1. The van der Waals surface area contributed by atoms with Crippen molar-refractivity contribution < 1.29 is 14.0 Å². The molecule has 3 aromatic heterocycles. The summed E-state index contributed by atoms with van der Waals surface area (Å²) in [5, 5.41) is 8.59. The fourth-order valence-corrected chi connectivity index (χ4v) is 7.33. The van der Waals surface area contributed by atoms with Crippen LogP contribution in [0.3, 0.4) is 0 Å². The highest BCUT2D eigenvalue weighted by molar-refractivity contribution is 6.74. The summed E-state index contributed by atoms with van der Waals surface area (Å²) in [7, 11) is -0.379.